The summed E-state index contributed by atoms with van der Waals surface area (Å²) in [6.07, 6.45) is 6.73. The van der Waals surface area contributed by atoms with E-state index in [1.54, 1.807) is 18.2 Å². The Labute approximate surface area is 94.9 Å². The quantitative estimate of drug-likeness (QED) is 0.780. The Hall–Kier alpha value is -1.83. The van der Waals surface area contributed by atoms with Crippen LogP contribution in [0, 0.1) is 6.92 Å². The zero-order chi connectivity index (χ0) is 11.8. The summed E-state index contributed by atoms with van der Waals surface area (Å²) in [5, 5.41) is 9.87. The van der Waals surface area contributed by atoms with Gasteiger partial charge in [-0.1, -0.05) is 29.8 Å². The number of allylic oxidation sites excluding steroid dienone is 4. The summed E-state index contributed by atoms with van der Waals surface area (Å²) >= 11 is 0. The summed E-state index contributed by atoms with van der Waals surface area (Å²) < 4.78 is 0. The topological polar surface area (TPSA) is 37.3 Å². The molecule has 1 aliphatic rings. The van der Waals surface area contributed by atoms with Crippen LogP contribution in [0.3, 0.4) is 0 Å². The molecule has 2 heteroatoms. The summed E-state index contributed by atoms with van der Waals surface area (Å²) in [5.74, 6) is 0.251. The molecule has 0 radical (unpaired) electrons. The molecule has 0 amide bonds. The molecule has 0 fully saturated rings. The molecule has 0 heterocycles. The van der Waals surface area contributed by atoms with Crippen LogP contribution in [0.5, 0.6) is 5.75 Å². The zero-order valence-electron chi connectivity index (χ0n) is 9.40. The first kappa shape index (κ1) is 10.7. The lowest BCUT2D eigenvalue weighted by Crippen LogP contribution is -2.19. The number of benzene rings is 1. The van der Waals surface area contributed by atoms with E-state index in [1.807, 2.05) is 38.1 Å². The van der Waals surface area contributed by atoms with Crippen molar-refractivity contribution in [3.63, 3.8) is 0 Å². The highest BCUT2D eigenvalue weighted by Gasteiger charge is 2.26. The van der Waals surface area contributed by atoms with Crippen LogP contribution in [0.15, 0.2) is 42.5 Å². The van der Waals surface area contributed by atoms with E-state index >= 15 is 0 Å². The molecule has 0 atom stereocenters. The Bertz CT molecular complexity index is 479. The highest BCUT2D eigenvalue weighted by atomic mass is 16.3. The van der Waals surface area contributed by atoms with E-state index in [4.69, 9.17) is 0 Å². The van der Waals surface area contributed by atoms with Gasteiger partial charge in [0.2, 0.25) is 0 Å². The van der Waals surface area contributed by atoms with Crippen molar-refractivity contribution in [1.29, 1.82) is 0 Å². The number of aromatic hydroxyl groups is 1. The third-order valence-corrected chi connectivity index (χ3v) is 2.92. The minimum atomic E-state index is -0.399. The number of phenols is 1. The number of ketones is 1. The molecule has 1 N–H and O–H groups in total. The monoisotopic (exact) mass is 214 g/mol. The predicted molar refractivity (Wildman–Crippen MR) is 63.5 cm³/mol. The van der Waals surface area contributed by atoms with E-state index in [0.29, 0.717) is 0 Å². The summed E-state index contributed by atoms with van der Waals surface area (Å²) in [5.41, 5.74) is 1.52. The summed E-state index contributed by atoms with van der Waals surface area (Å²) in [6, 6.07) is 5.50. The average molecular weight is 214 g/mol. The van der Waals surface area contributed by atoms with Gasteiger partial charge in [0.25, 0.3) is 0 Å². The maximum Gasteiger partial charge on any atom is 0.178 e. The van der Waals surface area contributed by atoms with Crippen molar-refractivity contribution in [1.82, 2.24) is 0 Å². The fraction of sp³-hybridized carbons (Fsp3) is 0.214. The Morgan fingerprint density at radius 1 is 1.19 bits per heavy atom. The van der Waals surface area contributed by atoms with Gasteiger partial charge >= 0.3 is 0 Å². The number of carbonyl (C=O) groups excluding carboxylic acids is 1. The van der Waals surface area contributed by atoms with E-state index in [1.165, 1.54) is 0 Å². The average Bonchev–Trinajstić information content (AvgIpc) is 2.26. The molecule has 0 saturated carbocycles. The molecule has 0 spiro atoms. The number of hydrogen-bond acceptors (Lipinski definition) is 2. The second kappa shape index (κ2) is 3.63. The van der Waals surface area contributed by atoms with Gasteiger partial charge in [-0.05, 0) is 32.1 Å². The second-order valence-corrected chi connectivity index (χ2v) is 4.37. The second-order valence-electron chi connectivity index (χ2n) is 4.37. The summed E-state index contributed by atoms with van der Waals surface area (Å²) in [6.45, 7) is 3.95. The third-order valence-electron chi connectivity index (χ3n) is 2.92. The van der Waals surface area contributed by atoms with Crippen molar-refractivity contribution in [3.05, 3.63) is 53.6 Å². The van der Waals surface area contributed by atoms with Gasteiger partial charge in [-0.2, -0.15) is 0 Å². The first-order chi connectivity index (χ1) is 7.51. The molecule has 82 valence electrons. The van der Waals surface area contributed by atoms with Crippen molar-refractivity contribution in [2.45, 2.75) is 19.3 Å². The van der Waals surface area contributed by atoms with Crippen molar-refractivity contribution in [2.75, 3.05) is 0 Å². The van der Waals surface area contributed by atoms with Crippen LogP contribution >= 0.6 is 0 Å². The molecule has 0 unspecified atom stereocenters. The van der Waals surface area contributed by atoms with Crippen molar-refractivity contribution in [3.8, 4) is 5.75 Å². The van der Waals surface area contributed by atoms with Crippen molar-refractivity contribution >= 4 is 5.78 Å². The molecule has 0 aromatic heterocycles. The molecular weight excluding hydrogens is 200 g/mol. The lowest BCUT2D eigenvalue weighted by atomic mass is 9.78. The minimum absolute atomic E-state index is 0.00961. The van der Waals surface area contributed by atoms with Crippen molar-refractivity contribution < 1.29 is 9.90 Å². The molecule has 1 aliphatic carbocycles. The Morgan fingerprint density at radius 3 is 2.44 bits per heavy atom. The van der Waals surface area contributed by atoms with E-state index in [-0.39, 0.29) is 11.5 Å². The predicted octanol–water partition coefficient (Wildman–Crippen LogP) is 2.65. The molecule has 2 rings (SSSR count). The Morgan fingerprint density at radius 2 is 1.81 bits per heavy atom. The van der Waals surface area contributed by atoms with Gasteiger partial charge in [-0.3, -0.25) is 4.79 Å². The Balaban J connectivity index is 2.52. The molecule has 1 aromatic rings. The minimum Gasteiger partial charge on any atom is -0.508 e. The fourth-order valence-electron chi connectivity index (χ4n) is 1.88. The largest absolute Gasteiger partial charge is 0.508 e. The van der Waals surface area contributed by atoms with Gasteiger partial charge in [-0.25, -0.2) is 0 Å². The molecular formula is C14H14O2. The lowest BCUT2D eigenvalue weighted by Gasteiger charge is -2.25. The van der Waals surface area contributed by atoms with E-state index in [0.717, 1.165) is 11.1 Å². The smallest absolute Gasteiger partial charge is 0.178 e. The van der Waals surface area contributed by atoms with Crippen LogP contribution in [0.25, 0.3) is 0 Å². The van der Waals surface area contributed by atoms with Crippen LogP contribution in [-0.4, -0.2) is 10.9 Å². The number of phenolic OH excluding ortho intramolecular Hbond substituents is 1. The van der Waals surface area contributed by atoms with Gasteiger partial charge in [0.1, 0.15) is 5.75 Å². The highest BCUT2D eigenvalue weighted by molar-refractivity contribution is 6.00. The first-order valence-electron chi connectivity index (χ1n) is 5.24. The molecule has 2 nitrogen and oxygen atoms in total. The SMILES string of the molecule is Cc1ccc(O)c(C2(C)C=CC(=O)C=C2)c1. The third kappa shape index (κ3) is 1.78. The number of aryl methyl sites for hydroxylation is 1. The highest BCUT2D eigenvalue weighted by Crippen LogP contribution is 2.35. The molecule has 0 aliphatic heterocycles. The van der Waals surface area contributed by atoms with Crippen LogP contribution in [0.1, 0.15) is 18.1 Å². The van der Waals surface area contributed by atoms with E-state index in [2.05, 4.69) is 0 Å². The molecule has 0 saturated heterocycles. The normalized spacial score (nSPS) is 17.8. The van der Waals surface area contributed by atoms with E-state index < -0.39 is 5.41 Å². The fourth-order valence-corrected chi connectivity index (χ4v) is 1.88. The number of rotatable bonds is 1. The first-order valence-corrected chi connectivity index (χ1v) is 5.24. The lowest BCUT2D eigenvalue weighted by molar-refractivity contribution is -0.110. The Kier molecular flexibility index (Phi) is 2.43. The maximum atomic E-state index is 11.1. The van der Waals surface area contributed by atoms with Gasteiger partial charge in [0.15, 0.2) is 5.78 Å². The molecule has 16 heavy (non-hydrogen) atoms. The van der Waals surface area contributed by atoms with Crippen LogP contribution in [0.2, 0.25) is 0 Å². The number of carbonyl (C=O) groups is 1. The molecule has 1 aromatic carbocycles. The van der Waals surface area contributed by atoms with Gasteiger partial charge in [0.05, 0.1) is 0 Å². The van der Waals surface area contributed by atoms with E-state index in [9.17, 15) is 9.90 Å². The summed E-state index contributed by atoms with van der Waals surface area (Å²) in [7, 11) is 0. The summed E-state index contributed by atoms with van der Waals surface area (Å²) in [4.78, 5) is 11.1. The zero-order valence-corrected chi connectivity index (χ0v) is 9.40. The van der Waals surface area contributed by atoms with Crippen LogP contribution in [-0.2, 0) is 10.2 Å². The van der Waals surface area contributed by atoms with Crippen molar-refractivity contribution in [2.24, 2.45) is 0 Å². The van der Waals surface area contributed by atoms with Gasteiger partial charge in [-0.15, -0.1) is 0 Å². The number of hydrogen-bond donors (Lipinski definition) is 1. The molecule has 0 bridgehead atoms. The van der Waals surface area contributed by atoms with Crippen LogP contribution < -0.4 is 0 Å². The van der Waals surface area contributed by atoms with Crippen LogP contribution in [0.4, 0.5) is 0 Å². The standard InChI is InChI=1S/C14H14O2/c1-10-3-4-13(16)12(9-10)14(2)7-5-11(15)6-8-14/h3-9,16H,1-2H3. The van der Waals surface area contributed by atoms with Gasteiger partial charge < -0.3 is 5.11 Å². The maximum absolute atomic E-state index is 11.1. The van der Waals surface area contributed by atoms with Gasteiger partial charge in [0, 0.05) is 11.0 Å².